The van der Waals surface area contributed by atoms with Crippen LogP contribution in [0, 0.1) is 6.92 Å². The molecule has 1 saturated heterocycles. The van der Waals surface area contributed by atoms with Crippen LogP contribution in [0.5, 0.6) is 0 Å². The molecule has 1 fully saturated rings. The Labute approximate surface area is 116 Å². The normalized spacial score (nSPS) is 17.2. The van der Waals surface area contributed by atoms with Gasteiger partial charge in [-0.1, -0.05) is 31.0 Å². The number of hydrogen-bond acceptors (Lipinski definition) is 2. The Morgan fingerprint density at radius 2 is 1.89 bits per heavy atom. The minimum absolute atomic E-state index is 0.876. The van der Waals surface area contributed by atoms with Gasteiger partial charge in [0.2, 0.25) is 0 Å². The zero-order valence-electron chi connectivity index (χ0n) is 11.5. The van der Waals surface area contributed by atoms with Gasteiger partial charge < -0.3 is 4.90 Å². The Bertz CT molecular complexity index is 384. The van der Waals surface area contributed by atoms with Crippen LogP contribution in [0.1, 0.15) is 25.3 Å². The molecule has 100 valence electrons. The average molecular weight is 267 g/mol. The number of piperazine rings is 1. The molecule has 1 aromatic carbocycles. The maximum Gasteiger partial charge on any atom is 0.0455 e. The summed E-state index contributed by atoms with van der Waals surface area (Å²) in [5.41, 5.74) is 2.42. The Kier molecular flexibility index (Phi) is 4.90. The number of unbranched alkanes of at least 4 members (excludes halogenated alkanes) is 1. The molecule has 2 nitrogen and oxygen atoms in total. The Morgan fingerprint density at radius 3 is 2.50 bits per heavy atom. The molecule has 0 bridgehead atoms. The summed E-state index contributed by atoms with van der Waals surface area (Å²) in [5.74, 6) is 0. The molecule has 0 saturated carbocycles. The van der Waals surface area contributed by atoms with Gasteiger partial charge in [0.15, 0.2) is 0 Å². The van der Waals surface area contributed by atoms with E-state index >= 15 is 0 Å². The summed E-state index contributed by atoms with van der Waals surface area (Å²) in [7, 11) is 0. The van der Waals surface area contributed by atoms with E-state index in [1.165, 1.54) is 38.2 Å². The lowest BCUT2D eigenvalue weighted by Gasteiger charge is -2.36. The molecule has 3 heteroatoms. The molecule has 0 amide bonds. The van der Waals surface area contributed by atoms with Crippen LogP contribution < -0.4 is 4.90 Å². The van der Waals surface area contributed by atoms with Crippen molar-refractivity contribution in [3.63, 3.8) is 0 Å². The summed E-state index contributed by atoms with van der Waals surface area (Å²) in [6, 6.07) is 6.39. The van der Waals surface area contributed by atoms with Gasteiger partial charge >= 0.3 is 0 Å². The predicted molar refractivity (Wildman–Crippen MR) is 79.8 cm³/mol. The quantitative estimate of drug-likeness (QED) is 0.822. The topological polar surface area (TPSA) is 6.48 Å². The Hall–Kier alpha value is -0.730. The highest BCUT2D eigenvalue weighted by Crippen LogP contribution is 2.24. The first-order valence-corrected chi connectivity index (χ1v) is 7.32. The van der Waals surface area contributed by atoms with E-state index in [0.717, 1.165) is 23.7 Å². The summed E-state index contributed by atoms with van der Waals surface area (Å²) in [4.78, 5) is 5.00. The van der Waals surface area contributed by atoms with Gasteiger partial charge in [-0.15, -0.1) is 0 Å². The van der Waals surface area contributed by atoms with Crippen LogP contribution >= 0.6 is 11.6 Å². The summed E-state index contributed by atoms with van der Waals surface area (Å²) < 4.78 is 0. The van der Waals surface area contributed by atoms with Crippen molar-refractivity contribution in [2.45, 2.75) is 26.7 Å². The molecule has 0 aromatic heterocycles. The van der Waals surface area contributed by atoms with Crippen LogP contribution in [-0.2, 0) is 0 Å². The lowest BCUT2D eigenvalue weighted by Crippen LogP contribution is -2.46. The van der Waals surface area contributed by atoms with Crippen LogP contribution in [0.2, 0.25) is 5.02 Å². The number of nitrogens with zero attached hydrogens (tertiary/aromatic N) is 2. The first-order chi connectivity index (χ1) is 8.70. The van der Waals surface area contributed by atoms with Crippen molar-refractivity contribution in [2.75, 3.05) is 37.6 Å². The largest absolute Gasteiger partial charge is 0.369 e. The van der Waals surface area contributed by atoms with Crippen LogP contribution in [-0.4, -0.2) is 37.6 Å². The second kappa shape index (κ2) is 6.44. The first kappa shape index (κ1) is 13.7. The highest BCUT2D eigenvalue weighted by atomic mass is 35.5. The van der Waals surface area contributed by atoms with Crippen molar-refractivity contribution < 1.29 is 0 Å². The molecular weight excluding hydrogens is 244 g/mol. The van der Waals surface area contributed by atoms with Gasteiger partial charge in [-0.05, 0) is 37.6 Å². The van der Waals surface area contributed by atoms with Crippen molar-refractivity contribution in [2.24, 2.45) is 0 Å². The molecular formula is C15H23ClN2. The smallest absolute Gasteiger partial charge is 0.0455 e. The third-order valence-corrected chi connectivity index (χ3v) is 4.13. The van der Waals surface area contributed by atoms with Gasteiger partial charge in [0, 0.05) is 36.9 Å². The number of rotatable bonds is 4. The Morgan fingerprint density at radius 1 is 1.17 bits per heavy atom. The third kappa shape index (κ3) is 3.39. The zero-order chi connectivity index (χ0) is 13.0. The lowest BCUT2D eigenvalue weighted by molar-refractivity contribution is 0.254. The van der Waals surface area contributed by atoms with Crippen LogP contribution in [0.4, 0.5) is 5.69 Å². The summed E-state index contributed by atoms with van der Waals surface area (Å²) >= 11 is 6.19. The van der Waals surface area contributed by atoms with Crippen molar-refractivity contribution in [1.29, 1.82) is 0 Å². The van der Waals surface area contributed by atoms with Crippen LogP contribution in [0.15, 0.2) is 18.2 Å². The number of aryl methyl sites for hydroxylation is 1. The number of halogens is 1. The van der Waals surface area contributed by atoms with Gasteiger partial charge in [0.05, 0.1) is 0 Å². The number of hydrogen-bond donors (Lipinski definition) is 0. The van der Waals surface area contributed by atoms with E-state index < -0.39 is 0 Å². The number of anilines is 1. The first-order valence-electron chi connectivity index (χ1n) is 6.94. The van der Waals surface area contributed by atoms with Gasteiger partial charge in [-0.2, -0.15) is 0 Å². The molecule has 0 unspecified atom stereocenters. The zero-order valence-corrected chi connectivity index (χ0v) is 12.2. The van der Waals surface area contributed by atoms with E-state index in [4.69, 9.17) is 11.6 Å². The number of benzene rings is 1. The predicted octanol–water partition coefficient (Wildman–Crippen LogP) is 3.57. The van der Waals surface area contributed by atoms with Crippen LogP contribution in [0.25, 0.3) is 0 Å². The minimum atomic E-state index is 0.876. The van der Waals surface area contributed by atoms with Crippen molar-refractivity contribution >= 4 is 17.3 Å². The van der Waals surface area contributed by atoms with Crippen molar-refractivity contribution in [3.05, 3.63) is 28.8 Å². The fourth-order valence-electron chi connectivity index (χ4n) is 2.39. The molecule has 1 heterocycles. The summed E-state index contributed by atoms with van der Waals surface area (Å²) in [6.45, 7) is 10.1. The molecule has 1 aliphatic rings. The average Bonchev–Trinajstić information content (AvgIpc) is 2.40. The minimum Gasteiger partial charge on any atom is -0.369 e. The van der Waals surface area contributed by atoms with Gasteiger partial charge in [-0.3, -0.25) is 4.90 Å². The third-order valence-electron chi connectivity index (χ3n) is 3.72. The Balaban J connectivity index is 1.90. The van der Waals surface area contributed by atoms with E-state index in [1.54, 1.807) is 0 Å². The van der Waals surface area contributed by atoms with Gasteiger partial charge in [0.1, 0.15) is 0 Å². The second-order valence-corrected chi connectivity index (χ2v) is 5.52. The lowest BCUT2D eigenvalue weighted by atomic mass is 10.2. The molecule has 0 aliphatic carbocycles. The van der Waals surface area contributed by atoms with Gasteiger partial charge in [0.25, 0.3) is 0 Å². The molecule has 1 aromatic rings. The molecule has 0 N–H and O–H groups in total. The molecule has 0 atom stereocenters. The maximum atomic E-state index is 6.19. The monoisotopic (exact) mass is 266 g/mol. The molecule has 1 aliphatic heterocycles. The maximum absolute atomic E-state index is 6.19. The summed E-state index contributed by atoms with van der Waals surface area (Å²) in [5, 5.41) is 0.876. The molecule has 0 radical (unpaired) electrons. The highest BCUT2D eigenvalue weighted by molar-refractivity contribution is 6.31. The fourth-order valence-corrected chi connectivity index (χ4v) is 2.56. The van der Waals surface area contributed by atoms with E-state index in [1.807, 2.05) is 0 Å². The SMILES string of the molecule is CCCCN1CCN(c2ccc(C)c(Cl)c2)CC1. The van der Waals surface area contributed by atoms with E-state index in [2.05, 4.69) is 41.8 Å². The highest BCUT2D eigenvalue weighted by Gasteiger charge is 2.16. The molecule has 18 heavy (non-hydrogen) atoms. The standard InChI is InChI=1S/C15H23ClN2/c1-3-4-7-17-8-10-18(11-9-17)14-6-5-13(2)15(16)12-14/h5-6,12H,3-4,7-11H2,1-2H3. The van der Waals surface area contributed by atoms with E-state index in [-0.39, 0.29) is 0 Å². The van der Waals surface area contributed by atoms with Crippen molar-refractivity contribution in [3.8, 4) is 0 Å². The fraction of sp³-hybridized carbons (Fsp3) is 0.600. The van der Waals surface area contributed by atoms with E-state index in [0.29, 0.717) is 0 Å². The van der Waals surface area contributed by atoms with E-state index in [9.17, 15) is 0 Å². The second-order valence-electron chi connectivity index (χ2n) is 5.12. The molecule has 0 spiro atoms. The van der Waals surface area contributed by atoms with Gasteiger partial charge in [-0.25, -0.2) is 0 Å². The molecule has 2 rings (SSSR count). The summed E-state index contributed by atoms with van der Waals surface area (Å²) in [6.07, 6.45) is 2.60. The van der Waals surface area contributed by atoms with Crippen molar-refractivity contribution in [1.82, 2.24) is 4.90 Å². The van der Waals surface area contributed by atoms with Crippen LogP contribution in [0.3, 0.4) is 0 Å².